The van der Waals surface area contributed by atoms with Crippen molar-refractivity contribution in [3.8, 4) is 6.07 Å². The Morgan fingerprint density at radius 1 is 1.40 bits per heavy atom. The largest absolute Gasteiger partial charge is 0.382 e. The molecule has 0 aromatic rings. The Morgan fingerprint density at radius 2 is 2.10 bits per heavy atom. The second kappa shape index (κ2) is 9.34. The van der Waals surface area contributed by atoms with Gasteiger partial charge >= 0.3 is 0 Å². The summed E-state index contributed by atoms with van der Waals surface area (Å²) in [5.74, 6) is -0.303. The lowest BCUT2D eigenvalue weighted by atomic mass is 10.2. The SMILES string of the molecule is CCOCCCNC(=O)/C(C#N)=C\N1CCN(C)CC1. The summed E-state index contributed by atoms with van der Waals surface area (Å²) in [4.78, 5) is 16.1. The van der Waals surface area contributed by atoms with Crippen molar-refractivity contribution in [2.45, 2.75) is 13.3 Å². The van der Waals surface area contributed by atoms with Crippen molar-refractivity contribution in [3.63, 3.8) is 0 Å². The van der Waals surface area contributed by atoms with Gasteiger partial charge in [-0.1, -0.05) is 0 Å². The minimum absolute atomic E-state index is 0.172. The number of likely N-dealkylation sites (N-methyl/N-ethyl adjacent to an activating group) is 1. The molecule has 1 saturated heterocycles. The average molecular weight is 280 g/mol. The second-order valence-corrected chi connectivity index (χ2v) is 4.80. The van der Waals surface area contributed by atoms with E-state index in [1.165, 1.54) is 0 Å². The van der Waals surface area contributed by atoms with Gasteiger partial charge in [-0.25, -0.2) is 0 Å². The summed E-state index contributed by atoms with van der Waals surface area (Å²) in [6.45, 7) is 7.36. The van der Waals surface area contributed by atoms with Gasteiger partial charge in [0, 0.05) is 52.1 Å². The van der Waals surface area contributed by atoms with Crippen LogP contribution in [0.15, 0.2) is 11.8 Å². The molecule has 0 atom stereocenters. The number of carbonyl (C=O) groups is 1. The summed E-state index contributed by atoms with van der Waals surface area (Å²) in [5.41, 5.74) is 0.172. The van der Waals surface area contributed by atoms with Gasteiger partial charge in [-0.3, -0.25) is 4.79 Å². The number of amides is 1. The molecule has 0 unspecified atom stereocenters. The number of rotatable bonds is 7. The molecule has 20 heavy (non-hydrogen) atoms. The molecule has 1 rings (SSSR count). The van der Waals surface area contributed by atoms with E-state index in [0.29, 0.717) is 19.8 Å². The molecule has 1 N–H and O–H groups in total. The zero-order valence-corrected chi connectivity index (χ0v) is 12.4. The molecule has 112 valence electrons. The Labute approximate surface area is 121 Å². The van der Waals surface area contributed by atoms with E-state index < -0.39 is 0 Å². The number of carbonyl (C=O) groups excluding carboxylic acids is 1. The summed E-state index contributed by atoms with van der Waals surface area (Å²) in [6, 6.07) is 1.97. The van der Waals surface area contributed by atoms with E-state index >= 15 is 0 Å². The Hall–Kier alpha value is -1.58. The summed E-state index contributed by atoms with van der Waals surface area (Å²) < 4.78 is 5.19. The molecule has 0 spiro atoms. The first-order valence-corrected chi connectivity index (χ1v) is 7.07. The summed E-state index contributed by atoms with van der Waals surface area (Å²) in [5, 5.41) is 11.8. The third-order valence-corrected chi connectivity index (χ3v) is 3.17. The number of nitrogens with one attached hydrogen (secondary N) is 1. The summed E-state index contributed by atoms with van der Waals surface area (Å²) in [7, 11) is 2.07. The Balaban J connectivity index is 2.36. The minimum atomic E-state index is -0.303. The predicted molar refractivity (Wildman–Crippen MR) is 76.9 cm³/mol. The van der Waals surface area contributed by atoms with Gasteiger partial charge in [0.1, 0.15) is 11.6 Å². The molecule has 6 heteroatoms. The maximum atomic E-state index is 11.9. The van der Waals surface area contributed by atoms with Crippen LogP contribution >= 0.6 is 0 Å². The lowest BCUT2D eigenvalue weighted by molar-refractivity contribution is -0.117. The maximum absolute atomic E-state index is 11.9. The first kappa shape index (κ1) is 16.5. The number of ether oxygens (including phenoxy) is 1. The zero-order chi connectivity index (χ0) is 14.8. The van der Waals surface area contributed by atoms with Crippen LogP contribution < -0.4 is 5.32 Å². The Morgan fingerprint density at radius 3 is 2.70 bits per heavy atom. The van der Waals surface area contributed by atoms with Crippen molar-refractivity contribution in [2.75, 3.05) is 53.0 Å². The quantitative estimate of drug-likeness (QED) is 0.409. The van der Waals surface area contributed by atoms with Crippen LogP contribution in [-0.2, 0) is 9.53 Å². The molecule has 0 aliphatic carbocycles. The van der Waals surface area contributed by atoms with Crippen molar-refractivity contribution in [1.29, 1.82) is 5.26 Å². The topological polar surface area (TPSA) is 68.6 Å². The van der Waals surface area contributed by atoms with E-state index in [1.807, 2.05) is 17.9 Å². The molecule has 1 aliphatic rings. The fraction of sp³-hybridized carbons (Fsp3) is 0.714. The van der Waals surface area contributed by atoms with Gasteiger partial charge < -0.3 is 19.9 Å². The molecule has 0 saturated carbocycles. The van der Waals surface area contributed by atoms with Gasteiger partial charge in [0.15, 0.2) is 0 Å². The monoisotopic (exact) mass is 280 g/mol. The van der Waals surface area contributed by atoms with Crippen LogP contribution in [0.3, 0.4) is 0 Å². The standard InChI is InChI=1S/C14H24N4O2/c1-3-20-10-4-5-16-14(19)13(11-15)12-18-8-6-17(2)7-9-18/h12H,3-10H2,1-2H3,(H,16,19)/b13-12-. The zero-order valence-electron chi connectivity index (χ0n) is 12.4. The molecular formula is C14H24N4O2. The van der Waals surface area contributed by atoms with Crippen LogP contribution in [0, 0.1) is 11.3 Å². The highest BCUT2D eigenvalue weighted by atomic mass is 16.5. The fourth-order valence-corrected chi connectivity index (χ4v) is 1.89. The molecule has 0 aromatic carbocycles. The number of nitrogens with zero attached hydrogens (tertiary/aromatic N) is 3. The lowest BCUT2D eigenvalue weighted by Crippen LogP contribution is -2.42. The highest BCUT2D eigenvalue weighted by molar-refractivity contribution is 5.97. The van der Waals surface area contributed by atoms with Gasteiger partial charge in [0.25, 0.3) is 5.91 Å². The molecule has 1 aliphatic heterocycles. The summed E-state index contributed by atoms with van der Waals surface area (Å²) in [6.07, 6.45) is 2.43. The van der Waals surface area contributed by atoms with Gasteiger partial charge in [0.2, 0.25) is 0 Å². The highest BCUT2D eigenvalue weighted by Crippen LogP contribution is 2.03. The summed E-state index contributed by atoms with van der Waals surface area (Å²) >= 11 is 0. The molecule has 0 aromatic heterocycles. The van der Waals surface area contributed by atoms with Gasteiger partial charge in [0.05, 0.1) is 0 Å². The minimum Gasteiger partial charge on any atom is -0.382 e. The van der Waals surface area contributed by atoms with E-state index in [4.69, 9.17) is 10.00 Å². The Bertz CT molecular complexity index is 368. The second-order valence-electron chi connectivity index (χ2n) is 4.80. The Kier molecular flexibility index (Phi) is 7.70. The number of piperazine rings is 1. The van der Waals surface area contributed by atoms with Gasteiger partial charge in [-0.2, -0.15) is 5.26 Å². The smallest absolute Gasteiger partial charge is 0.263 e. The van der Waals surface area contributed by atoms with Crippen molar-refractivity contribution >= 4 is 5.91 Å². The predicted octanol–water partition coefficient (Wildman–Crippen LogP) is 0.184. The molecule has 0 bridgehead atoms. The van der Waals surface area contributed by atoms with E-state index in [9.17, 15) is 4.79 Å². The average Bonchev–Trinajstić information content (AvgIpc) is 2.46. The van der Waals surface area contributed by atoms with Crippen molar-refractivity contribution in [2.24, 2.45) is 0 Å². The molecule has 1 fully saturated rings. The van der Waals surface area contributed by atoms with Crippen molar-refractivity contribution < 1.29 is 9.53 Å². The van der Waals surface area contributed by atoms with Gasteiger partial charge in [-0.15, -0.1) is 0 Å². The van der Waals surface area contributed by atoms with E-state index in [2.05, 4.69) is 17.3 Å². The van der Waals surface area contributed by atoms with Crippen molar-refractivity contribution in [1.82, 2.24) is 15.1 Å². The van der Waals surface area contributed by atoms with Crippen LogP contribution in [0.25, 0.3) is 0 Å². The molecule has 6 nitrogen and oxygen atoms in total. The lowest BCUT2D eigenvalue weighted by Gasteiger charge is -2.31. The maximum Gasteiger partial charge on any atom is 0.263 e. The molecule has 0 radical (unpaired) electrons. The molecule has 1 heterocycles. The molecule has 1 amide bonds. The molecular weight excluding hydrogens is 256 g/mol. The van der Waals surface area contributed by atoms with E-state index in [-0.39, 0.29) is 11.5 Å². The van der Waals surface area contributed by atoms with Crippen LogP contribution in [-0.4, -0.2) is 68.7 Å². The van der Waals surface area contributed by atoms with E-state index in [1.54, 1.807) is 6.20 Å². The van der Waals surface area contributed by atoms with Crippen molar-refractivity contribution in [3.05, 3.63) is 11.8 Å². The number of hydrogen-bond acceptors (Lipinski definition) is 5. The number of nitriles is 1. The number of hydrogen-bond donors (Lipinski definition) is 1. The van der Waals surface area contributed by atoms with Crippen LogP contribution in [0.5, 0.6) is 0 Å². The van der Waals surface area contributed by atoms with Gasteiger partial charge in [-0.05, 0) is 20.4 Å². The third-order valence-electron chi connectivity index (χ3n) is 3.17. The van der Waals surface area contributed by atoms with Crippen LogP contribution in [0.2, 0.25) is 0 Å². The normalized spacial score (nSPS) is 16.9. The first-order chi connectivity index (χ1) is 9.67. The van der Waals surface area contributed by atoms with Crippen LogP contribution in [0.4, 0.5) is 0 Å². The fourth-order valence-electron chi connectivity index (χ4n) is 1.89. The third kappa shape index (κ3) is 6.04. The van der Waals surface area contributed by atoms with Crippen LogP contribution in [0.1, 0.15) is 13.3 Å². The first-order valence-electron chi connectivity index (χ1n) is 7.07. The van der Waals surface area contributed by atoms with E-state index in [0.717, 1.165) is 32.6 Å². The highest BCUT2D eigenvalue weighted by Gasteiger charge is 2.14.